The summed E-state index contributed by atoms with van der Waals surface area (Å²) in [4.78, 5) is 32.0. The third kappa shape index (κ3) is 5.05. The predicted molar refractivity (Wildman–Crippen MR) is 113 cm³/mol. The number of hydroxylamine groups is 2. The molecule has 2 amide bonds. The minimum absolute atomic E-state index is 0. The lowest BCUT2D eigenvalue weighted by atomic mass is 10.2. The van der Waals surface area contributed by atoms with E-state index >= 15 is 0 Å². The SMILES string of the molecule is CC(F)C(=O)NC[C@H]1CN(c2ccc(N3CCON(C(N)=S)CC3)c(F)c2)C(=O)O1.[HH].[HH]. The first-order valence-electron chi connectivity index (χ1n) is 9.40. The topological polar surface area (TPSA) is 100 Å². The maximum Gasteiger partial charge on any atom is 0.414 e. The van der Waals surface area contributed by atoms with E-state index in [1.54, 1.807) is 17.0 Å². The van der Waals surface area contributed by atoms with Crippen LogP contribution >= 0.6 is 12.2 Å². The van der Waals surface area contributed by atoms with Crippen molar-refractivity contribution in [3.8, 4) is 0 Å². The second-order valence-corrected chi connectivity index (χ2v) is 7.29. The highest BCUT2D eigenvalue weighted by Crippen LogP contribution is 2.28. The van der Waals surface area contributed by atoms with Crippen molar-refractivity contribution < 1.29 is 30.8 Å². The van der Waals surface area contributed by atoms with Crippen molar-refractivity contribution in [1.29, 1.82) is 0 Å². The number of alkyl halides is 1. The fourth-order valence-electron chi connectivity index (χ4n) is 3.18. The summed E-state index contributed by atoms with van der Waals surface area (Å²) in [7, 11) is 0. The summed E-state index contributed by atoms with van der Waals surface area (Å²) >= 11 is 4.90. The van der Waals surface area contributed by atoms with Crippen LogP contribution in [0.15, 0.2) is 18.2 Å². The third-order valence-corrected chi connectivity index (χ3v) is 4.95. The number of anilines is 2. The van der Waals surface area contributed by atoms with Crippen molar-refractivity contribution in [1.82, 2.24) is 10.4 Å². The van der Waals surface area contributed by atoms with Crippen LogP contribution in [0.4, 0.5) is 25.0 Å². The molecule has 0 spiro atoms. The molecule has 2 fully saturated rings. The summed E-state index contributed by atoms with van der Waals surface area (Å²) in [5.74, 6) is -1.29. The van der Waals surface area contributed by atoms with Gasteiger partial charge in [-0.1, -0.05) is 0 Å². The van der Waals surface area contributed by atoms with Crippen molar-refractivity contribution in [2.75, 3.05) is 49.1 Å². The zero-order chi connectivity index (χ0) is 21.8. The summed E-state index contributed by atoms with van der Waals surface area (Å²) in [5.41, 5.74) is 6.25. The Morgan fingerprint density at radius 3 is 2.87 bits per heavy atom. The number of hydrogen-bond acceptors (Lipinski definition) is 6. The Hall–Kier alpha value is -2.73. The van der Waals surface area contributed by atoms with E-state index in [1.807, 2.05) is 0 Å². The lowest BCUT2D eigenvalue weighted by molar-refractivity contribution is -0.125. The maximum absolute atomic E-state index is 14.8. The smallest absolute Gasteiger partial charge is 0.414 e. The number of carbonyl (C=O) groups is 2. The molecule has 2 aliphatic heterocycles. The summed E-state index contributed by atoms with van der Waals surface area (Å²) < 4.78 is 32.9. The number of nitrogens with zero attached hydrogens (tertiary/aromatic N) is 3. The average Bonchev–Trinajstić information content (AvgIpc) is 2.90. The first-order chi connectivity index (χ1) is 14.3. The van der Waals surface area contributed by atoms with Crippen LogP contribution in [-0.2, 0) is 14.4 Å². The van der Waals surface area contributed by atoms with Gasteiger partial charge in [-0.05, 0) is 37.3 Å². The number of hydrogen-bond donors (Lipinski definition) is 2. The monoisotopic (exact) mass is 447 g/mol. The van der Waals surface area contributed by atoms with Crippen molar-refractivity contribution in [2.45, 2.75) is 19.2 Å². The number of nitrogens with two attached hydrogens (primary N) is 1. The molecule has 2 aliphatic rings. The van der Waals surface area contributed by atoms with Crippen molar-refractivity contribution in [2.24, 2.45) is 5.73 Å². The molecule has 1 aromatic rings. The van der Waals surface area contributed by atoms with Crippen LogP contribution in [-0.4, -0.2) is 73.8 Å². The molecule has 0 aromatic heterocycles. The molecule has 2 atom stereocenters. The lowest BCUT2D eigenvalue weighted by Gasteiger charge is -2.24. The van der Waals surface area contributed by atoms with Gasteiger partial charge in [-0.15, -0.1) is 0 Å². The van der Waals surface area contributed by atoms with E-state index in [2.05, 4.69) is 5.32 Å². The van der Waals surface area contributed by atoms with Gasteiger partial charge in [-0.2, -0.15) is 0 Å². The van der Waals surface area contributed by atoms with E-state index < -0.39 is 30.1 Å². The number of rotatable bonds is 5. The predicted octanol–water partition coefficient (Wildman–Crippen LogP) is 1.41. The molecule has 3 rings (SSSR count). The second-order valence-electron chi connectivity index (χ2n) is 6.87. The summed E-state index contributed by atoms with van der Waals surface area (Å²) in [5, 5.41) is 3.88. The summed E-state index contributed by atoms with van der Waals surface area (Å²) in [6.45, 7) is 2.78. The molecule has 0 bridgehead atoms. The van der Waals surface area contributed by atoms with E-state index in [1.165, 1.54) is 16.0 Å². The van der Waals surface area contributed by atoms with Gasteiger partial charge >= 0.3 is 6.09 Å². The Kier molecular flexibility index (Phi) is 6.87. The molecular weight excluding hydrogens is 420 g/mol. The largest absolute Gasteiger partial charge is 0.442 e. The van der Waals surface area contributed by atoms with Gasteiger partial charge in [0.05, 0.1) is 37.6 Å². The quantitative estimate of drug-likeness (QED) is 0.654. The van der Waals surface area contributed by atoms with Gasteiger partial charge in [0.25, 0.3) is 5.91 Å². The van der Waals surface area contributed by atoms with Crippen LogP contribution in [0.3, 0.4) is 0 Å². The van der Waals surface area contributed by atoms with E-state index in [9.17, 15) is 18.4 Å². The first-order valence-corrected chi connectivity index (χ1v) is 9.81. The molecule has 1 aromatic carbocycles. The van der Waals surface area contributed by atoms with Gasteiger partial charge in [0, 0.05) is 15.9 Å². The van der Waals surface area contributed by atoms with Gasteiger partial charge in [-0.3, -0.25) is 14.5 Å². The number of ether oxygens (including phenoxy) is 1. The number of benzene rings is 1. The van der Waals surface area contributed by atoms with Crippen molar-refractivity contribution >= 4 is 40.7 Å². The van der Waals surface area contributed by atoms with E-state index in [0.29, 0.717) is 37.6 Å². The molecule has 2 saturated heterocycles. The molecule has 3 N–H and O–H groups in total. The van der Waals surface area contributed by atoms with Crippen molar-refractivity contribution in [3.05, 3.63) is 24.0 Å². The third-order valence-electron chi connectivity index (χ3n) is 4.75. The molecule has 168 valence electrons. The zero-order valence-corrected chi connectivity index (χ0v) is 17.2. The molecule has 0 aliphatic carbocycles. The number of halogens is 2. The van der Waals surface area contributed by atoms with Crippen molar-refractivity contribution in [3.63, 3.8) is 0 Å². The molecule has 0 radical (unpaired) electrons. The van der Waals surface area contributed by atoms with Gasteiger partial charge < -0.3 is 20.7 Å². The van der Waals surface area contributed by atoms with Crippen LogP contribution in [0, 0.1) is 5.82 Å². The van der Waals surface area contributed by atoms with Crippen LogP contribution < -0.4 is 20.9 Å². The van der Waals surface area contributed by atoms with Crippen LogP contribution in [0.1, 0.15) is 9.78 Å². The minimum Gasteiger partial charge on any atom is -0.442 e. The molecule has 1 unspecified atom stereocenters. The minimum atomic E-state index is -1.66. The molecular formula is C18H27F2N5O4S. The first kappa shape index (κ1) is 22.0. The van der Waals surface area contributed by atoms with Crippen LogP contribution in [0.5, 0.6) is 0 Å². The lowest BCUT2D eigenvalue weighted by Crippen LogP contribution is -2.38. The summed E-state index contributed by atoms with van der Waals surface area (Å²) in [6.07, 6.45) is -2.97. The standard InChI is InChI=1S/C18H23F2N5O4S.2H2/c1-11(19)16(26)22-9-13-10-24(18(27)29-13)12-2-3-15(14(20)8-12)23-4-5-25(17(21)30)28-7-6-23;;/h2-3,8,11,13H,4-7,9-10H2,1H3,(H2,21,30)(H,22,26);2*1H/t11?,13-;;/m0../s1. The Bertz CT molecular complexity index is 839. The highest BCUT2D eigenvalue weighted by atomic mass is 32.1. The highest BCUT2D eigenvalue weighted by Gasteiger charge is 2.33. The Labute approximate surface area is 180 Å². The average molecular weight is 448 g/mol. The Morgan fingerprint density at radius 1 is 1.43 bits per heavy atom. The number of nitrogens with one attached hydrogen (secondary N) is 1. The molecule has 0 saturated carbocycles. The molecule has 9 nitrogen and oxygen atoms in total. The van der Waals surface area contributed by atoms with E-state index in [0.717, 1.165) is 6.92 Å². The normalized spacial score (nSPS) is 20.6. The Morgan fingerprint density at radius 2 is 2.20 bits per heavy atom. The molecule has 12 heteroatoms. The zero-order valence-electron chi connectivity index (χ0n) is 16.3. The molecule has 2 heterocycles. The number of cyclic esters (lactones) is 1. The highest BCUT2D eigenvalue weighted by molar-refractivity contribution is 7.80. The number of amides is 2. The fraction of sp³-hybridized carbons (Fsp3) is 0.500. The van der Waals surface area contributed by atoms with Crippen LogP contribution in [0.2, 0.25) is 0 Å². The fourth-order valence-corrected chi connectivity index (χ4v) is 3.32. The van der Waals surface area contributed by atoms with E-state index in [4.69, 9.17) is 27.5 Å². The van der Waals surface area contributed by atoms with Gasteiger partial charge in [0.1, 0.15) is 11.9 Å². The van der Waals surface area contributed by atoms with Crippen LogP contribution in [0.25, 0.3) is 0 Å². The second kappa shape index (κ2) is 9.39. The van der Waals surface area contributed by atoms with Gasteiger partial charge in [-0.25, -0.2) is 18.6 Å². The maximum atomic E-state index is 14.8. The number of carbonyl (C=O) groups excluding carboxylic acids is 2. The van der Waals surface area contributed by atoms with E-state index in [-0.39, 0.29) is 21.1 Å². The van der Waals surface area contributed by atoms with Gasteiger partial charge in [0.2, 0.25) is 0 Å². The molecule has 30 heavy (non-hydrogen) atoms. The Balaban J connectivity index is 0.00000256. The van der Waals surface area contributed by atoms with Gasteiger partial charge in [0.15, 0.2) is 11.3 Å². The summed E-state index contributed by atoms with van der Waals surface area (Å²) in [6, 6.07) is 4.44. The number of thiocarbonyl (C=S) groups is 1.